The molecule has 5 heteroatoms. The fraction of sp³-hybridized carbons (Fsp3) is 0.333. The molecule has 0 aliphatic carbocycles. The van der Waals surface area contributed by atoms with E-state index >= 15 is 0 Å². The SMILES string of the molecule is CC(=O)c1cccc(NCCCC(O)=C=O)c1C(C)=O. The second-order valence-electron chi connectivity index (χ2n) is 4.42. The van der Waals surface area contributed by atoms with Crippen LogP contribution in [0.2, 0.25) is 0 Å². The van der Waals surface area contributed by atoms with E-state index in [2.05, 4.69) is 5.32 Å². The molecule has 0 saturated carbocycles. The molecule has 0 amide bonds. The third-order valence-electron chi connectivity index (χ3n) is 2.82. The number of allylic oxidation sites excluding steroid dienone is 1. The Labute approximate surface area is 117 Å². The summed E-state index contributed by atoms with van der Waals surface area (Å²) >= 11 is 0. The molecular weight excluding hydrogens is 258 g/mol. The highest BCUT2D eigenvalue weighted by Gasteiger charge is 2.15. The smallest absolute Gasteiger partial charge is 0.176 e. The highest BCUT2D eigenvalue weighted by Crippen LogP contribution is 2.21. The number of benzene rings is 1. The maximum atomic E-state index is 11.7. The minimum Gasteiger partial charge on any atom is -0.502 e. The number of ketones is 2. The van der Waals surface area contributed by atoms with Crippen molar-refractivity contribution >= 4 is 23.2 Å². The first kappa shape index (κ1) is 15.7. The summed E-state index contributed by atoms with van der Waals surface area (Å²) in [6.07, 6.45) is 0.737. The van der Waals surface area contributed by atoms with Gasteiger partial charge in [-0.2, -0.15) is 0 Å². The van der Waals surface area contributed by atoms with E-state index in [0.29, 0.717) is 29.8 Å². The fourth-order valence-corrected chi connectivity index (χ4v) is 1.90. The second-order valence-corrected chi connectivity index (χ2v) is 4.42. The average Bonchev–Trinajstić information content (AvgIpc) is 2.42. The lowest BCUT2D eigenvalue weighted by Crippen LogP contribution is -2.11. The number of nitrogens with one attached hydrogen (secondary N) is 1. The molecule has 2 N–H and O–H groups in total. The summed E-state index contributed by atoms with van der Waals surface area (Å²) in [5, 5.41) is 12.0. The number of Topliss-reactive ketones (excluding diaryl/α,β-unsaturated/α-hetero) is 2. The van der Waals surface area contributed by atoms with E-state index in [9.17, 15) is 14.4 Å². The van der Waals surface area contributed by atoms with Crippen LogP contribution in [0.15, 0.2) is 24.0 Å². The Morgan fingerprint density at radius 2 is 1.95 bits per heavy atom. The summed E-state index contributed by atoms with van der Waals surface area (Å²) in [6.45, 7) is 3.29. The Balaban J connectivity index is 2.85. The standard InChI is InChI=1S/C15H17NO4/c1-10(18)13-6-3-7-14(15(13)11(2)19)16-8-4-5-12(20)9-17/h3,6-7,16,20H,4-5,8H2,1-2H3. The van der Waals surface area contributed by atoms with Crippen LogP contribution in [0.25, 0.3) is 0 Å². The van der Waals surface area contributed by atoms with Gasteiger partial charge in [0.2, 0.25) is 0 Å². The Hall–Kier alpha value is -2.39. The zero-order valence-corrected chi connectivity index (χ0v) is 11.5. The number of aliphatic hydroxyl groups excluding tert-OH is 1. The first-order valence-corrected chi connectivity index (χ1v) is 6.29. The molecule has 0 saturated heterocycles. The molecule has 0 bridgehead atoms. The zero-order valence-electron chi connectivity index (χ0n) is 11.5. The van der Waals surface area contributed by atoms with Crippen molar-refractivity contribution in [2.45, 2.75) is 26.7 Å². The highest BCUT2D eigenvalue weighted by atomic mass is 16.3. The Bertz CT molecular complexity index is 571. The molecule has 0 atom stereocenters. The Kier molecular flexibility index (Phi) is 5.69. The van der Waals surface area contributed by atoms with Gasteiger partial charge in [-0.1, -0.05) is 12.1 Å². The van der Waals surface area contributed by atoms with Crippen molar-refractivity contribution in [3.8, 4) is 0 Å². The average molecular weight is 275 g/mol. The molecule has 0 aliphatic heterocycles. The lowest BCUT2D eigenvalue weighted by molar-refractivity contribution is 0.0981. The third-order valence-corrected chi connectivity index (χ3v) is 2.82. The highest BCUT2D eigenvalue weighted by molar-refractivity contribution is 6.10. The predicted octanol–water partition coefficient (Wildman–Crippen LogP) is 2.56. The summed E-state index contributed by atoms with van der Waals surface area (Å²) in [5.41, 5.74) is 1.34. The summed E-state index contributed by atoms with van der Waals surface area (Å²) < 4.78 is 0. The van der Waals surface area contributed by atoms with Gasteiger partial charge in [-0.05, 0) is 26.3 Å². The number of hydrogen-bond donors (Lipinski definition) is 2. The van der Waals surface area contributed by atoms with Gasteiger partial charge in [0.05, 0.1) is 5.56 Å². The maximum Gasteiger partial charge on any atom is 0.176 e. The summed E-state index contributed by atoms with van der Waals surface area (Å²) in [6, 6.07) is 5.04. The third kappa shape index (κ3) is 4.07. The van der Waals surface area contributed by atoms with Crippen molar-refractivity contribution in [1.82, 2.24) is 0 Å². The first-order chi connectivity index (χ1) is 9.47. The van der Waals surface area contributed by atoms with Gasteiger partial charge < -0.3 is 10.4 Å². The molecule has 0 heterocycles. The maximum absolute atomic E-state index is 11.7. The van der Waals surface area contributed by atoms with Crippen molar-refractivity contribution in [2.24, 2.45) is 0 Å². The van der Waals surface area contributed by atoms with Gasteiger partial charge in [-0.25, -0.2) is 4.79 Å². The number of carbonyl (C=O) groups excluding carboxylic acids is 3. The van der Waals surface area contributed by atoms with Crippen molar-refractivity contribution in [2.75, 3.05) is 11.9 Å². The van der Waals surface area contributed by atoms with Crippen molar-refractivity contribution in [3.63, 3.8) is 0 Å². The van der Waals surface area contributed by atoms with Crippen LogP contribution >= 0.6 is 0 Å². The minimum atomic E-state index is -0.323. The van der Waals surface area contributed by atoms with Crippen LogP contribution < -0.4 is 5.32 Å². The van der Waals surface area contributed by atoms with Crippen molar-refractivity contribution in [1.29, 1.82) is 0 Å². The summed E-state index contributed by atoms with van der Waals surface area (Å²) in [5.74, 6) is 0.737. The molecule has 0 unspecified atom stereocenters. The number of anilines is 1. The van der Waals surface area contributed by atoms with Gasteiger partial charge in [0, 0.05) is 24.2 Å². The molecule has 5 nitrogen and oxygen atoms in total. The summed E-state index contributed by atoms with van der Waals surface area (Å²) in [4.78, 5) is 33.3. The van der Waals surface area contributed by atoms with Crippen LogP contribution in [-0.4, -0.2) is 29.2 Å². The van der Waals surface area contributed by atoms with Crippen LogP contribution in [0.3, 0.4) is 0 Å². The molecule has 0 aromatic heterocycles. The van der Waals surface area contributed by atoms with Crippen LogP contribution in [0, 0.1) is 0 Å². The van der Waals surface area contributed by atoms with Gasteiger partial charge in [0.1, 0.15) is 0 Å². The van der Waals surface area contributed by atoms with E-state index < -0.39 is 0 Å². The molecule has 1 aromatic carbocycles. The molecule has 20 heavy (non-hydrogen) atoms. The molecule has 1 rings (SSSR count). The molecular formula is C15H17NO4. The Morgan fingerprint density at radius 3 is 2.50 bits per heavy atom. The second kappa shape index (κ2) is 7.26. The van der Waals surface area contributed by atoms with E-state index in [1.54, 1.807) is 18.2 Å². The largest absolute Gasteiger partial charge is 0.502 e. The zero-order chi connectivity index (χ0) is 15.1. The fourth-order valence-electron chi connectivity index (χ4n) is 1.90. The van der Waals surface area contributed by atoms with Gasteiger partial charge in [0.25, 0.3) is 0 Å². The van der Waals surface area contributed by atoms with Crippen molar-refractivity contribution < 1.29 is 19.5 Å². The van der Waals surface area contributed by atoms with Gasteiger partial charge in [0.15, 0.2) is 23.3 Å². The first-order valence-electron chi connectivity index (χ1n) is 6.29. The van der Waals surface area contributed by atoms with Crippen LogP contribution in [0.1, 0.15) is 47.4 Å². The van der Waals surface area contributed by atoms with Gasteiger partial charge >= 0.3 is 0 Å². The molecule has 106 valence electrons. The quantitative estimate of drug-likeness (QED) is 0.346. The number of carbonyl (C=O) groups is 2. The van der Waals surface area contributed by atoms with Crippen LogP contribution in [0.5, 0.6) is 0 Å². The van der Waals surface area contributed by atoms with Gasteiger partial charge in [-0.15, -0.1) is 0 Å². The monoisotopic (exact) mass is 275 g/mol. The van der Waals surface area contributed by atoms with E-state index in [1.165, 1.54) is 19.8 Å². The van der Waals surface area contributed by atoms with E-state index in [-0.39, 0.29) is 23.7 Å². The predicted molar refractivity (Wildman–Crippen MR) is 76.0 cm³/mol. The van der Waals surface area contributed by atoms with E-state index in [1.807, 2.05) is 0 Å². The number of hydrogen-bond acceptors (Lipinski definition) is 5. The lowest BCUT2D eigenvalue weighted by Gasteiger charge is -2.12. The van der Waals surface area contributed by atoms with Crippen LogP contribution in [-0.2, 0) is 4.79 Å². The molecule has 1 aromatic rings. The van der Waals surface area contributed by atoms with Crippen LogP contribution in [0.4, 0.5) is 5.69 Å². The number of rotatable bonds is 7. The Morgan fingerprint density at radius 1 is 1.25 bits per heavy atom. The molecule has 0 aliphatic rings. The van der Waals surface area contributed by atoms with Gasteiger partial charge in [-0.3, -0.25) is 9.59 Å². The topological polar surface area (TPSA) is 83.5 Å². The summed E-state index contributed by atoms with van der Waals surface area (Å²) in [7, 11) is 0. The van der Waals surface area contributed by atoms with Crippen molar-refractivity contribution in [3.05, 3.63) is 35.1 Å². The molecule has 0 radical (unpaired) electrons. The minimum absolute atomic E-state index is 0.166. The number of aliphatic hydroxyl groups is 1. The lowest BCUT2D eigenvalue weighted by atomic mass is 9.99. The molecule has 0 fully saturated rings. The van der Waals surface area contributed by atoms with E-state index in [0.717, 1.165) is 0 Å². The van der Waals surface area contributed by atoms with E-state index in [4.69, 9.17) is 5.11 Å². The normalized spacial score (nSPS) is 9.70. The molecule has 0 spiro atoms.